The van der Waals surface area contributed by atoms with Crippen molar-refractivity contribution >= 4 is 0 Å². The van der Waals surface area contributed by atoms with Gasteiger partial charge < -0.3 is 10.1 Å². The summed E-state index contributed by atoms with van der Waals surface area (Å²) in [6.45, 7) is 9.05. The molecule has 0 spiro atoms. The molecule has 0 amide bonds. The van der Waals surface area contributed by atoms with Crippen molar-refractivity contribution in [1.82, 2.24) is 10.2 Å². The molecule has 0 radical (unpaired) electrons. The lowest BCUT2D eigenvalue weighted by molar-refractivity contribution is 0.0319. The third-order valence-corrected chi connectivity index (χ3v) is 2.69. The third-order valence-electron chi connectivity index (χ3n) is 2.69. The van der Waals surface area contributed by atoms with Crippen molar-refractivity contribution in [2.24, 2.45) is 0 Å². The number of ether oxygens (including phenoxy) is 1. The molecular weight excluding hydrogens is 176 g/mol. The molecule has 1 aliphatic rings. The monoisotopic (exact) mass is 198 g/mol. The van der Waals surface area contributed by atoms with Crippen LogP contribution in [-0.4, -0.2) is 50.8 Å². The van der Waals surface area contributed by atoms with Gasteiger partial charge >= 0.3 is 0 Å². The van der Waals surface area contributed by atoms with Crippen LogP contribution in [0.4, 0.5) is 0 Å². The van der Waals surface area contributed by atoms with Gasteiger partial charge in [0, 0.05) is 33.3 Å². The number of methoxy groups -OCH3 is 1. The molecule has 1 rings (SSSR count). The molecule has 1 atom stereocenters. The van der Waals surface area contributed by atoms with Gasteiger partial charge in [-0.3, -0.25) is 4.90 Å². The predicted molar refractivity (Wildman–Crippen MR) is 59.5 cm³/mol. The summed E-state index contributed by atoms with van der Waals surface area (Å²) in [6, 6.07) is 0. The van der Waals surface area contributed by atoms with Crippen molar-refractivity contribution in [3.63, 3.8) is 0 Å². The van der Waals surface area contributed by atoms with E-state index in [1.807, 2.05) is 13.2 Å². The minimum atomic E-state index is 0.447. The maximum Gasteiger partial charge on any atom is 0.0698 e. The van der Waals surface area contributed by atoms with E-state index in [4.69, 9.17) is 4.74 Å². The van der Waals surface area contributed by atoms with Crippen LogP contribution in [-0.2, 0) is 4.74 Å². The van der Waals surface area contributed by atoms with Gasteiger partial charge in [-0.15, -0.1) is 6.58 Å². The Labute approximate surface area is 87.1 Å². The molecule has 0 aliphatic carbocycles. The van der Waals surface area contributed by atoms with E-state index in [0.29, 0.717) is 6.10 Å². The molecule has 1 fully saturated rings. The second-order valence-corrected chi connectivity index (χ2v) is 3.79. The van der Waals surface area contributed by atoms with Crippen molar-refractivity contribution in [1.29, 1.82) is 0 Å². The summed E-state index contributed by atoms with van der Waals surface area (Å²) in [5, 5.41) is 3.31. The molecule has 1 saturated heterocycles. The summed E-state index contributed by atoms with van der Waals surface area (Å²) in [5.74, 6) is 0. The first-order valence-electron chi connectivity index (χ1n) is 5.43. The van der Waals surface area contributed by atoms with Gasteiger partial charge in [-0.1, -0.05) is 6.08 Å². The Hall–Kier alpha value is -0.380. The van der Waals surface area contributed by atoms with Gasteiger partial charge in [0.1, 0.15) is 0 Å². The highest BCUT2D eigenvalue weighted by atomic mass is 16.5. The number of hydrogen-bond donors (Lipinski definition) is 1. The second kappa shape index (κ2) is 6.98. The molecule has 1 aliphatic heterocycles. The number of nitrogens with one attached hydrogen (secondary N) is 1. The SMILES string of the molecule is C=CCNCCN1CCCC(OC)C1. The fourth-order valence-electron chi connectivity index (χ4n) is 1.85. The molecule has 1 N–H and O–H groups in total. The number of rotatable bonds is 6. The topological polar surface area (TPSA) is 24.5 Å². The van der Waals surface area contributed by atoms with E-state index >= 15 is 0 Å². The zero-order valence-electron chi connectivity index (χ0n) is 9.17. The first-order chi connectivity index (χ1) is 6.86. The first-order valence-corrected chi connectivity index (χ1v) is 5.43. The van der Waals surface area contributed by atoms with Gasteiger partial charge in [0.25, 0.3) is 0 Å². The predicted octanol–water partition coefficient (Wildman–Crippen LogP) is 0.873. The molecule has 0 aromatic heterocycles. The van der Waals surface area contributed by atoms with Crippen LogP contribution in [0.2, 0.25) is 0 Å². The molecule has 0 bridgehead atoms. The number of likely N-dealkylation sites (tertiary alicyclic amines) is 1. The maximum atomic E-state index is 5.37. The Kier molecular flexibility index (Phi) is 5.83. The van der Waals surface area contributed by atoms with E-state index in [2.05, 4.69) is 16.8 Å². The molecule has 82 valence electrons. The van der Waals surface area contributed by atoms with Crippen molar-refractivity contribution in [3.05, 3.63) is 12.7 Å². The highest BCUT2D eigenvalue weighted by Gasteiger charge is 2.18. The molecule has 3 heteroatoms. The van der Waals surface area contributed by atoms with E-state index in [1.54, 1.807) is 0 Å². The average molecular weight is 198 g/mol. The van der Waals surface area contributed by atoms with Gasteiger partial charge in [-0.2, -0.15) is 0 Å². The van der Waals surface area contributed by atoms with Gasteiger partial charge in [0.2, 0.25) is 0 Å². The largest absolute Gasteiger partial charge is 0.380 e. The molecule has 3 nitrogen and oxygen atoms in total. The Bertz CT molecular complexity index is 161. The van der Waals surface area contributed by atoms with Gasteiger partial charge in [-0.25, -0.2) is 0 Å². The third kappa shape index (κ3) is 4.22. The van der Waals surface area contributed by atoms with Gasteiger partial charge in [0.05, 0.1) is 6.10 Å². The van der Waals surface area contributed by atoms with Crippen LogP contribution in [0.3, 0.4) is 0 Å². The smallest absolute Gasteiger partial charge is 0.0698 e. The van der Waals surface area contributed by atoms with Crippen molar-refractivity contribution in [2.45, 2.75) is 18.9 Å². The van der Waals surface area contributed by atoms with Crippen LogP contribution in [0, 0.1) is 0 Å². The van der Waals surface area contributed by atoms with E-state index in [-0.39, 0.29) is 0 Å². The molecule has 0 aromatic carbocycles. The van der Waals surface area contributed by atoms with Crippen molar-refractivity contribution < 1.29 is 4.74 Å². The summed E-state index contributed by atoms with van der Waals surface area (Å²) in [7, 11) is 1.81. The van der Waals surface area contributed by atoms with Gasteiger partial charge in [-0.05, 0) is 19.4 Å². The standard InChI is InChI=1S/C11H22N2O/c1-3-6-12-7-9-13-8-4-5-11(10-13)14-2/h3,11-12H,1,4-10H2,2H3. The quantitative estimate of drug-likeness (QED) is 0.506. The van der Waals surface area contributed by atoms with Crippen LogP contribution in [0.5, 0.6) is 0 Å². The van der Waals surface area contributed by atoms with Crippen molar-refractivity contribution in [2.75, 3.05) is 39.8 Å². The van der Waals surface area contributed by atoms with E-state index in [0.717, 1.165) is 26.2 Å². The summed E-state index contributed by atoms with van der Waals surface area (Å²) in [5.41, 5.74) is 0. The van der Waals surface area contributed by atoms with Crippen LogP contribution < -0.4 is 5.32 Å². The summed E-state index contributed by atoms with van der Waals surface area (Å²) >= 11 is 0. The number of piperidine rings is 1. The average Bonchev–Trinajstić information content (AvgIpc) is 2.25. The summed E-state index contributed by atoms with van der Waals surface area (Å²) < 4.78 is 5.37. The molecule has 1 heterocycles. The molecule has 1 unspecified atom stereocenters. The minimum Gasteiger partial charge on any atom is -0.380 e. The molecule has 0 aromatic rings. The zero-order chi connectivity index (χ0) is 10.2. The number of hydrogen-bond acceptors (Lipinski definition) is 3. The van der Waals surface area contributed by atoms with E-state index < -0.39 is 0 Å². The Morgan fingerprint density at radius 2 is 2.50 bits per heavy atom. The van der Waals surface area contributed by atoms with Crippen molar-refractivity contribution in [3.8, 4) is 0 Å². The highest BCUT2D eigenvalue weighted by molar-refractivity contribution is 4.74. The van der Waals surface area contributed by atoms with Crippen LogP contribution >= 0.6 is 0 Å². The normalized spacial score (nSPS) is 23.6. The zero-order valence-corrected chi connectivity index (χ0v) is 9.17. The van der Waals surface area contributed by atoms with Crippen LogP contribution in [0.15, 0.2) is 12.7 Å². The number of nitrogens with zero attached hydrogens (tertiary/aromatic N) is 1. The van der Waals surface area contributed by atoms with Crippen LogP contribution in [0.25, 0.3) is 0 Å². The second-order valence-electron chi connectivity index (χ2n) is 3.79. The molecule has 0 saturated carbocycles. The Morgan fingerprint density at radius 3 is 3.21 bits per heavy atom. The molecule has 14 heavy (non-hydrogen) atoms. The van der Waals surface area contributed by atoms with E-state index in [9.17, 15) is 0 Å². The lowest BCUT2D eigenvalue weighted by Gasteiger charge is -2.31. The summed E-state index contributed by atoms with van der Waals surface area (Å²) in [6.07, 6.45) is 4.82. The first kappa shape index (κ1) is 11.7. The molecular formula is C11H22N2O. The minimum absolute atomic E-state index is 0.447. The van der Waals surface area contributed by atoms with Crippen LogP contribution in [0.1, 0.15) is 12.8 Å². The summed E-state index contributed by atoms with van der Waals surface area (Å²) in [4.78, 5) is 2.47. The van der Waals surface area contributed by atoms with E-state index in [1.165, 1.54) is 19.4 Å². The fraction of sp³-hybridized carbons (Fsp3) is 0.818. The van der Waals surface area contributed by atoms with Gasteiger partial charge in [0.15, 0.2) is 0 Å². The Morgan fingerprint density at radius 1 is 1.64 bits per heavy atom. The Balaban J connectivity index is 2.08. The lowest BCUT2D eigenvalue weighted by Crippen LogP contribution is -2.42. The maximum absolute atomic E-state index is 5.37. The highest BCUT2D eigenvalue weighted by Crippen LogP contribution is 2.11. The lowest BCUT2D eigenvalue weighted by atomic mass is 10.1. The fourth-order valence-corrected chi connectivity index (χ4v) is 1.85.